The van der Waals surface area contributed by atoms with Crippen LogP contribution in [0.5, 0.6) is 0 Å². The number of amides is 1. The number of hydrogen-bond donors (Lipinski definition) is 0. The summed E-state index contributed by atoms with van der Waals surface area (Å²) < 4.78 is 5.22. The number of likely N-dealkylation sites (tertiary alicyclic amines) is 1. The van der Waals surface area contributed by atoms with Crippen LogP contribution in [0.15, 0.2) is 30.3 Å². The molecule has 91 valence electrons. The third-order valence-corrected chi connectivity index (χ3v) is 2.88. The topological polar surface area (TPSA) is 53.3 Å². The number of carbonyl (C=O) groups excluding carboxylic acids is 1. The number of rotatable bonds is 2. The number of benzene rings is 1. The molecule has 17 heavy (non-hydrogen) atoms. The molecule has 0 aromatic heterocycles. The number of ether oxygens (including phenoxy) is 1. The molecular weight excluding hydrogens is 216 g/mol. The molecule has 4 heteroatoms. The van der Waals surface area contributed by atoms with Gasteiger partial charge in [0.25, 0.3) is 0 Å². The first kappa shape index (κ1) is 11.9. The summed E-state index contributed by atoms with van der Waals surface area (Å²) in [6.07, 6.45) is 1.47. The first-order valence-electron chi connectivity index (χ1n) is 5.92. The number of nitrogens with zero attached hydrogens (tertiary/aromatic N) is 1. The lowest BCUT2D eigenvalue weighted by molar-refractivity contribution is 0.0857. The predicted molar refractivity (Wildman–Crippen MR) is 64.3 cm³/mol. The summed E-state index contributed by atoms with van der Waals surface area (Å²) in [5.41, 5.74) is 8.63. The Labute approximate surface area is 101 Å². The Balaban J connectivity index is 1.81. The van der Waals surface area contributed by atoms with Gasteiger partial charge in [0.05, 0.1) is 0 Å². The summed E-state index contributed by atoms with van der Waals surface area (Å²) in [4.78, 5) is 13.4. The van der Waals surface area contributed by atoms with Crippen molar-refractivity contribution in [3.63, 3.8) is 0 Å². The van der Waals surface area contributed by atoms with Gasteiger partial charge in [0, 0.05) is 19.1 Å². The lowest BCUT2D eigenvalue weighted by Crippen LogP contribution is -2.42. The molecule has 1 heterocycles. The van der Waals surface area contributed by atoms with Crippen molar-refractivity contribution in [1.82, 2.24) is 10.6 Å². The van der Waals surface area contributed by atoms with Gasteiger partial charge in [-0.3, -0.25) is 5.73 Å². The molecule has 1 atom stereocenters. The fourth-order valence-electron chi connectivity index (χ4n) is 1.95. The van der Waals surface area contributed by atoms with Crippen LogP contribution < -0.4 is 5.73 Å². The molecule has 1 radical (unpaired) electrons. The molecule has 0 bridgehead atoms. The molecule has 0 aliphatic carbocycles. The SMILES string of the molecule is [NH]C1CCCN(C(=O)OCc2ccccc2)C1. The van der Waals surface area contributed by atoms with E-state index in [1.165, 1.54) is 0 Å². The van der Waals surface area contributed by atoms with E-state index in [4.69, 9.17) is 10.5 Å². The van der Waals surface area contributed by atoms with Crippen LogP contribution in [0.4, 0.5) is 4.79 Å². The molecule has 1 aliphatic heterocycles. The van der Waals surface area contributed by atoms with E-state index < -0.39 is 0 Å². The Kier molecular flexibility index (Phi) is 3.98. The first-order chi connectivity index (χ1) is 8.25. The van der Waals surface area contributed by atoms with Crippen LogP contribution in [0.1, 0.15) is 18.4 Å². The standard InChI is InChI=1S/C13H17N2O2/c14-12-7-4-8-15(9-12)13(16)17-10-11-5-2-1-3-6-11/h1-3,5-6,12,14H,4,7-10H2. The molecule has 1 N–H and O–H groups in total. The van der Waals surface area contributed by atoms with Crippen molar-refractivity contribution in [3.8, 4) is 0 Å². The van der Waals surface area contributed by atoms with Crippen LogP contribution in [-0.2, 0) is 11.3 Å². The molecule has 1 aromatic rings. The minimum atomic E-state index is -0.300. The van der Waals surface area contributed by atoms with E-state index in [1.807, 2.05) is 30.3 Å². The molecule has 1 aromatic carbocycles. The van der Waals surface area contributed by atoms with Gasteiger partial charge in [0.1, 0.15) is 6.61 Å². The van der Waals surface area contributed by atoms with Crippen LogP contribution in [0, 0.1) is 0 Å². The molecule has 0 saturated carbocycles. The zero-order valence-electron chi connectivity index (χ0n) is 9.76. The fraction of sp³-hybridized carbons (Fsp3) is 0.462. The summed E-state index contributed by atoms with van der Waals surface area (Å²) in [6.45, 7) is 1.51. The van der Waals surface area contributed by atoms with Crippen LogP contribution in [0.2, 0.25) is 0 Å². The zero-order chi connectivity index (χ0) is 12.1. The summed E-state index contributed by atoms with van der Waals surface area (Å²) in [5, 5.41) is 0. The highest BCUT2D eigenvalue weighted by atomic mass is 16.6. The number of nitrogens with one attached hydrogen (secondary N) is 1. The summed E-state index contributed by atoms with van der Waals surface area (Å²) in [7, 11) is 0. The van der Waals surface area contributed by atoms with Gasteiger partial charge in [-0.2, -0.15) is 0 Å². The second-order valence-electron chi connectivity index (χ2n) is 4.33. The molecule has 1 fully saturated rings. The van der Waals surface area contributed by atoms with Gasteiger partial charge in [-0.15, -0.1) is 0 Å². The molecule has 1 amide bonds. The van der Waals surface area contributed by atoms with E-state index >= 15 is 0 Å². The van der Waals surface area contributed by atoms with Gasteiger partial charge in [-0.1, -0.05) is 30.3 Å². The smallest absolute Gasteiger partial charge is 0.410 e. The second-order valence-corrected chi connectivity index (χ2v) is 4.33. The molecule has 4 nitrogen and oxygen atoms in total. The van der Waals surface area contributed by atoms with Crippen molar-refractivity contribution < 1.29 is 9.53 Å². The van der Waals surface area contributed by atoms with E-state index in [2.05, 4.69) is 0 Å². The average molecular weight is 233 g/mol. The largest absolute Gasteiger partial charge is 0.445 e. The predicted octanol–water partition coefficient (Wildman–Crippen LogP) is 2.07. The molecule has 1 aliphatic rings. The highest BCUT2D eigenvalue weighted by molar-refractivity contribution is 5.67. The number of hydrogen-bond acceptors (Lipinski definition) is 2. The van der Waals surface area contributed by atoms with Crippen LogP contribution in [0.3, 0.4) is 0 Å². The van der Waals surface area contributed by atoms with Gasteiger partial charge >= 0.3 is 6.09 Å². The Morgan fingerprint density at radius 2 is 2.18 bits per heavy atom. The van der Waals surface area contributed by atoms with Gasteiger partial charge in [0.2, 0.25) is 0 Å². The number of carbonyl (C=O) groups is 1. The lowest BCUT2D eigenvalue weighted by atomic mass is 10.1. The van der Waals surface area contributed by atoms with E-state index in [-0.39, 0.29) is 12.1 Å². The summed E-state index contributed by atoms with van der Waals surface area (Å²) in [6, 6.07) is 9.47. The highest BCUT2D eigenvalue weighted by Crippen LogP contribution is 2.11. The quantitative estimate of drug-likeness (QED) is 0.785. The minimum absolute atomic E-state index is 0.159. The van der Waals surface area contributed by atoms with Crippen molar-refractivity contribution >= 4 is 6.09 Å². The Hall–Kier alpha value is -1.55. The maximum atomic E-state index is 11.7. The first-order valence-corrected chi connectivity index (χ1v) is 5.92. The van der Waals surface area contributed by atoms with Crippen LogP contribution in [-0.4, -0.2) is 30.1 Å². The maximum absolute atomic E-state index is 11.7. The molecule has 0 spiro atoms. The maximum Gasteiger partial charge on any atom is 0.410 e. The number of piperidine rings is 1. The van der Waals surface area contributed by atoms with Gasteiger partial charge in [-0.05, 0) is 18.4 Å². The third-order valence-electron chi connectivity index (χ3n) is 2.88. The van der Waals surface area contributed by atoms with E-state index in [0.29, 0.717) is 19.7 Å². The van der Waals surface area contributed by atoms with Crippen molar-refractivity contribution in [2.24, 2.45) is 0 Å². The summed E-state index contributed by atoms with van der Waals surface area (Å²) >= 11 is 0. The second kappa shape index (κ2) is 5.68. The van der Waals surface area contributed by atoms with Crippen molar-refractivity contribution in [2.75, 3.05) is 13.1 Å². The van der Waals surface area contributed by atoms with Crippen molar-refractivity contribution in [1.29, 1.82) is 0 Å². The van der Waals surface area contributed by atoms with E-state index in [1.54, 1.807) is 4.90 Å². The third kappa shape index (κ3) is 3.46. The van der Waals surface area contributed by atoms with Crippen molar-refractivity contribution in [3.05, 3.63) is 35.9 Å². The molecule has 2 rings (SSSR count). The average Bonchev–Trinajstić information content (AvgIpc) is 2.37. The molecule has 1 unspecified atom stereocenters. The van der Waals surface area contributed by atoms with E-state index in [9.17, 15) is 4.79 Å². The highest BCUT2D eigenvalue weighted by Gasteiger charge is 2.22. The van der Waals surface area contributed by atoms with Crippen LogP contribution >= 0.6 is 0 Å². The Bertz CT molecular complexity index is 367. The molecule has 1 saturated heterocycles. The lowest BCUT2D eigenvalue weighted by Gasteiger charge is -2.29. The van der Waals surface area contributed by atoms with E-state index in [0.717, 1.165) is 18.4 Å². The minimum Gasteiger partial charge on any atom is -0.445 e. The zero-order valence-corrected chi connectivity index (χ0v) is 9.76. The van der Waals surface area contributed by atoms with Crippen molar-refractivity contribution in [2.45, 2.75) is 25.5 Å². The normalized spacial score (nSPS) is 20.1. The Morgan fingerprint density at radius 3 is 2.88 bits per heavy atom. The molecular formula is C13H17N2O2. The summed E-state index contributed by atoms with van der Waals surface area (Å²) in [5.74, 6) is 0. The monoisotopic (exact) mass is 233 g/mol. The van der Waals surface area contributed by atoms with Crippen LogP contribution in [0.25, 0.3) is 0 Å². The fourth-order valence-corrected chi connectivity index (χ4v) is 1.95. The van der Waals surface area contributed by atoms with Gasteiger partial charge < -0.3 is 9.64 Å². The van der Waals surface area contributed by atoms with Gasteiger partial charge in [0.15, 0.2) is 0 Å². The van der Waals surface area contributed by atoms with Gasteiger partial charge in [-0.25, -0.2) is 4.79 Å². The Morgan fingerprint density at radius 1 is 1.41 bits per heavy atom.